The van der Waals surface area contributed by atoms with Crippen LogP contribution < -0.4 is 11.0 Å². The molecule has 1 fully saturated rings. The van der Waals surface area contributed by atoms with Crippen LogP contribution in [0.2, 0.25) is 0 Å². The Morgan fingerprint density at radius 2 is 2.62 bits per heavy atom. The normalized spacial score (nSPS) is 22.3. The lowest BCUT2D eigenvalue weighted by atomic mass is 10.1. The summed E-state index contributed by atoms with van der Waals surface area (Å²) in [6, 6.07) is 0.585. The highest BCUT2D eigenvalue weighted by Crippen LogP contribution is 2.08. The lowest BCUT2D eigenvalue weighted by molar-refractivity contribution is 0.498. The van der Waals surface area contributed by atoms with E-state index in [2.05, 4.69) is 15.5 Å². The van der Waals surface area contributed by atoms with Gasteiger partial charge in [0.2, 0.25) is 0 Å². The zero-order valence-electron chi connectivity index (χ0n) is 7.49. The second-order valence-corrected chi connectivity index (χ2v) is 3.44. The van der Waals surface area contributed by atoms with E-state index in [-0.39, 0.29) is 5.69 Å². The van der Waals surface area contributed by atoms with Gasteiger partial charge in [-0.2, -0.15) is 5.10 Å². The molecule has 2 N–H and O–H groups in total. The number of aromatic amines is 1. The van der Waals surface area contributed by atoms with E-state index >= 15 is 0 Å². The van der Waals surface area contributed by atoms with Crippen molar-refractivity contribution in [3.8, 4) is 0 Å². The standard InChI is InChI=1S/C8H14N4O/c13-8-11-10-6-12(8)5-3-7-2-1-4-9-7/h6-7,9H,1-5H2,(H,11,13). The first-order valence-corrected chi connectivity index (χ1v) is 4.69. The molecule has 1 aromatic rings. The fourth-order valence-electron chi connectivity index (χ4n) is 1.73. The number of aryl methyl sites for hydroxylation is 1. The van der Waals surface area contributed by atoms with Crippen molar-refractivity contribution in [3.63, 3.8) is 0 Å². The summed E-state index contributed by atoms with van der Waals surface area (Å²) in [7, 11) is 0. The minimum absolute atomic E-state index is 0.113. The van der Waals surface area contributed by atoms with E-state index in [1.165, 1.54) is 12.8 Å². The third-order valence-corrected chi connectivity index (χ3v) is 2.50. The first-order valence-electron chi connectivity index (χ1n) is 4.69. The summed E-state index contributed by atoms with van der Waals surface area (Å²) in [5.74, 6) is 0. The van der Waals surface area contributed by atoms with Gasteiger partial charge >= 0.3 is 5.69 Å². The van der Waals surface area contributed by atoms with Gasteiger partial charge in [-0.25, -0.2) is 9.89 Å². The second-order valence-electron chi connectivity index (χ2n) is 3.44. The Labute approximate surface area is 76.2 Å². The van der Waals surface area contributed by atoms with Crippen molar-refractivity contribution in [2.24, 2.45) is 0 Å². The van der Waals surface area contributed by atoms with E-state index in [4.69, 9.17) is 0 Å². The SMILES string of the molecule is O=c1[nH]ncn1CCC1CCCN1. The van der Waals surface area contributed by atoms with Crippen LogP contribution in [0.3, 0.4) is 0 Å². The summed E-state index contributed by atoms with van der Waals surface area (Å²) in [5, 5.41) is 9.45. The smallest absolute Gasteiger partial charge is 0.314 e. The van der Waals surface area contributed by atoms with E-state index in [1.54, 1.807) is 10.9 Å². The average molecular weight is 182 g/mol. The fraction of sp³-hybridized carbons (Fsp3) is 0.750. The van der Waals surface area contributed by atoms with Gasteiger partial charge in [0.1, 0.15) is 6.33 Å². The number of nitrogens with one attached hydrogen (secondary N) is 2. The topological polar surface area (TPSA) is 62.7 Å². The summed E-state index contributed by atoms with van der Waals surface area (Å²) >= 11 is 0. The van der Waals surface area contributed by atoms with Gasteiger partial charge in [-0.05, 0) is 25.8 Å². The average Bonchev–Trinajstić information content (AvgIpc) is 2.72. The highest BCUT2D eigenvalue weighted by Gasteiger charge is 2.13. The molecule has 0 spiro atoms. The van der Waals surface area contributed by atoms with Gasteiger partial charge in [0.05, 0.1) is 0 Å². The quantitative estimate of drug-likeness (QED) is 0.675. The zero-order chi connectivity index (χ0) is 9.10. The van der Waals surface area contributed by atoms with Gasteiger partial charge in [-0.1, -0.05) is 0 Å². The van der Waals surface area contributed by atoms with Crippen LogP contribution in [-0.4, -0.2) is 27.4 Å². The van der Waals surface area contributed by atoms with E-state index in [1.807, 2.05) is 0 Å². The minimum Gasteiger partial charge on any atom is -0.314 e. The molecule has 1 aromatic heterocycles. The Hall–Kier alpha value is -1.10. The number of rotatable bonds is 3. The number of H-pyrrole nitrogens is 1. The Morgan fingerprint density at radius 3 is 3.23 bits per heavy atom. The molecule has 13 heavy (non-hydrogen) atoms. The van der Waals surface area contributed by atoms with Crippen LogP contribution >= 0.6 is 0 Å². The van der Waals surface area contributed by atoms with Crippen molar-refractivity contribution in [2.75, 3.05) is 6.54 Å². The number of aromatic nitrogens is 3. The van der Waals surface area contributed by atoms with E-state index < -0.39 is 0 Å². The summed E-state index contributed by atoms with van der Waals surface area (Å²) < 4.78 is 1.61. The number of nitrogens with zero attached hydrogens (tertiary/aromatic N) is 2. The summed E-state index contributed by atoms with van der Waals surface area (Å²) in [4.78, 5) is 11.0. The molecule has 0 aliphatic carbocycles. The van der Waals surface area contributed by atoms with Gasteiger partial charge in [0, 0.05) is 12.6 Å². The largest absolute Gasteiger partial charge is 0.343 e. The molecule has 1 saturated heterocycles. The fourth-order valence-corrected chi connectivity index (χ4v) is 1.73. The molecular formula is C8H14N4O. The van der Waals surface area contributed by atoms with Gasteiger partial charge in [-0.15, -0.1) is 0 Å². The molecule has 0 saturated carbocycles. The maximum absolute atomic E-state index is 11.0. The van der Waals surface area contributed by atoms with Crippen LogP contribution in [-0.2, 0) is 6.54 Å². The number of hydrogen-bond donors (Lipinski definition) is 2. The molecule has 2 heterocycles. The lowest BCUT2D eigenvalue weighted by Crippen LogP contribution is -2.25. The van der Waals surface area contributed by atoms with E-state index in [9.17, 15) is 4.79 Å². The maximum Gasteiger partial charge on any atom is 0.343 e. The molecule has 5 nitrogen and oxygen atoms in total. The van der Waals surface area contributed by atoms with Gasteiger partial charge in [0.15, 0.2) is 0 Å². The molecule has 1 aliphatic heterocycles. The van der Waals surface area contributed by atoms with Gasteiger partial charge in [0.25, 0.3) is 0 Å². The third-order valence-electron chi connectivity index (χ3n) is 2.50. The Bertz CT molecular complexity index is 310. The highest BCUT2D eigenvalue weighted by atomic mass is 16.1. The van der Waals surface area contributed by atoms with Crippen molar-refractivity contribution >= 4 is 0 Å². The van der Waals surface area contributed by atoms with Gasteiger partial charge in [-0.3, -0.25) is 4.57 Å². The van der Waals surface area contributed by atoms with E-state index in [0.29, 0.717) is 6.04 Å². The summed E-state index contributed by atoms with van der Waals surface area (Å²) in [5.41, 5.74) is -0.113. The molecule has 0 bridgehead atoms. The van der Waals surface area contributed by atoms with Crippen molar-refractivity contribution in [2.45, 2.75) is 31.8 Å². The molecule has 2 rings (SSSR count). The van der Waals surface area contributed by atoms with Crippen molar-refractivity contribution in [1.82, 2.24) is 20.1 Å². The Kier molecular flexibility index (Phi) is 2.44. The van der Waals surface area contributed by atoms with Crippen LogP contribution in [0.15, 0.2) is 11.1 Å². The molecule has 1 aliphatic rings. The van der Waals surface area contributed by atoms with Crippen LogP contribution in [0.1, 0.15) is 19.3 Å². The number of hydrogen-bond acceptors (Lipinski definition) is 3. The molecule has 0 aromatic carbocycles. The first-order chi connectivity index (χ1) is 6.36. The molecule has 72 valence electrons. The molecule has 1 atom stereocenters. The van der Waals surface area contributed by atoms with Crippen molar-refractivity contribution in [3.05, 3.63) is 16.8 Å². The molecular weight excluding hydrogens is 168 g/mol. The highest BCUT2D eigenvalue weighted by molar-refractivity contribution is 4.75. The molecule has 0 amide bonds. The minimum atomic E-state index is -0.113. The summed E-state index contributed by atoms with van der Waals surface area (Å²) in [6.45, 7) is 1.87. The van der Waals surface area contributed by atoms with Gasteiger partial charge < -0.3 is 5.32 Å². The zero-order valence-corrected chi connectivity index (χ0v) is 7.49. The van der Waals surface area contributed by atoms with Crippen LogP contribution in [0.4, 0.5) is 0 Å². The Balaban J connectivity index is 1.85. The second kappa shape index (κ2) is 3.74. The molecule has 5 heteroatoms. The van der Waals surface area contributed by atoms with Crippen LogP contribution in [0, 0.1) is 0 Å². The predicted molar refractivity (Wildman–Crippen MR) is 48.5 cm³/mol. The maximum atomic E-state index is 11.0. The van der Waals surface area contributed by atoms with Crippen molar-refractivity contribution < 1.29 is 0 Å². The molecule has 1 unspecified atom stereocenters. The van der Waals surface area contributed by atoms with Crippen LogP contribution in [0.25, 0.3) is 0 Å². The lowest BCUT2D eigenvalue weighted by Gasteiger charge is -2.08. The Morgan fingerprint density at radius 1 is 1.69 bits per heavy atom. The third kappa shape index (κ3) is 1.98. The predicted octanol–water partition coefficient (Wildman–Crippen LogP) is -0.287. The van der Waals surface area contributed by atoms with Crippen molar-refractivity contribution in [1.29, 1.82) is 0 Å². The van der Waals surface area contributed by atoms with Crippen LogP contribution in [0.5, 0.6) is 0 Å². The monoisotopic (exact) mass is 182 g/mol. The first kappa shape index (κ1) is 8.50. The molecule has 0 radical (unpaired) electrons. The summed E-state index contributed by atoms with van der Waals surface area (Å²) in [6.07, 6.45) is 5.05. The van der Waals surface area contributed by atoms with E-state index in [0.717, 1.165) is 19.5 Å².